The molecule has 0 aliphatic carbocycles. The van der Waals surface area contributed by atoms with E-state index < -0.39 is 16.0 Å². The first kappa shape index (κ1) is 15.6. The van der Waals surface area contributed by atoms with Gasteiger partial charge >= 0.3 is 5.97 Å². The maximum Gasteiger partial charge on any atom is 0.304 e. The number of aliphatic carboxylic acids is 1. The van der Waals surface area contributed by atoms with Gasteiger partial charge in [-0.15, -0.1) is 0 Å². The van der Waals surface area contributed by atoms with E-state index in [1.807, 2.05) is 0 Å². The van der Waals surface area contributed by atoms with Crippen LogP contribution in [0.3, 0.4) is 0 Å². The molecule has 0 saturated carbocycles. The Kier molecular flexibility index (Phi) is 5.46. The van der Waals surface area contributed by atoms with Crippen LogP contribution in [0.15, 0.2) is 29.2 Å². The van der Waals surface area contributed by atoms with Gasteiger partial charge in [0.25, 0.3) is 0 Å². The van der Waals surface area contributed by atoms with Gasteiger partial charge < -0.3 is 10.4 Å². The van der Waals surface area contributed by atoms with E-state index in [0.29, 0.717) is 13.1 Å². The van der Waals surface area contributed by atoms with Gasteiger partial charge in [-0.25, -0.2) is 12.7 Å². The molecule has 19 heavy (non-hydrogen) atoms. The summed E-state index contributed by atoms with van der Waals surface area (Å²) in [5.74, 6) is -0.864. The minimum Gasteiger partial charge on any atom is -0.481 e. The second-order valence-corrected chi connectivity index (χ2v) is 6.41. The highest BCUT2D eigenvalue weighted by Crippen LogP contribution is 2.14. The number of benzene rings is 1. The van der Waals surface area contributed by atoms with Gasteiger partial charge in [-0.05, 0) is 17.7 Å². The van der Waals surface area contributed by atoms with Crippen molar-refractivity contribution in [3.8, 4) is 0 Å². The largest absolute Gasteiger partial charge is 0.481 e. The van der Waals surface area contributed by atoms with E-state index >= 15 is 0 Å². The molecular formula is C12H18N2O4S. The quantitative estimate of drug-likeness (QED) is 0.713. The molecule has 6 nitrogen and oxygen atoms in total. The van der Waals surface area contributed by atoms with Crippen LogP contribution in [0, 0.1) is 0 Å². The lowest BCUT2D eigenvalue weighted by Crippen LogP contribution is -2.22. The van der Waals surface area contributed by atoms with E-state index in [1.54, 1.807) is 18.2 Å². The van der Waals surface area contributed by atoms with Crippen molar-refractivity contribution in [1.82, 2.24) is 9.62 Å². The lowest BCUT2D eigenvalue weighted by Gasteiger charge is -2.12. The van der Waals surface area contributed by atoms with Crippen molar-refractivity contribution in [2.75, 3.05) is 20.6 Å². The van der Waals surface area contributed by atoms with Crippen molar-refractivity contribution in [2.45, 2.75) is 17.9 Å². The molecule has 0 atom stereocenters. The summed E-state index contributed by atoms with van der Waals surface area (Å²) in [7, 11) is -0.473. The smallest absolute Gasteiger partial charge is 0.304 e. The Labute approximate surface area is 113 Å². The molecule has 0 unspecified atom stereocenters. The lowest BCUT2D eigenvalue weighted by atomic mass is 10.2. The van der Waals surface area contributed by atoms with Crippen molar-refractivity contribution >= 4 is 16.0 Å². The van der Waals surface area contributed by atoms with Crippen LogP contribution < -0.4 is 5.32 Å². The molecule has 1 rings (SSSR count). The molecule has 0 heterocycles. The fourth-order valence-electron chi connectivity index (χ4n) is 1.45. The van der Waals surface area contributed by atoms with Crippen LogP contribution in [0.1, 0.15) is 12.0 Å². The number of hydrogen-bond acceptors (Lipinski definition) is 4. The maximum atomic E-state index is 11.9. The minimum atomic E-state index is -3.43. The topological polar surface area (TPSA) is 86.7 Å². The molecule has 0 bridgehead atoms. The molecule has 0 aliphatic rings. The first-order valence-corrected chi connectivity index (χ1v) is 7.22. The van der Waals surface area contributed by atoms with Crippen LogP contribution in [-0.4, -0.2) is 44.4 Å². The zero-order valence-electron chi connectivity index (χ0n) is 11.0. The Morgan fingerprint density at radius 2 is 2.05 bits per heavy atom. The minimum absolute atomic E-state index is 0.0374. The highest BCUT2D eigenvalue weighted by Gasteiger charge is 2.16. The third kappa shape index (κ3) is 4.62. The lowest BCUT2D eigenvalue weighted by molar-refractivity contribution is -0.136. The Balaban J connectivity index is 2.70. The van der Waals surface area contributed by atoms with E-state index in [4.69, 9.17) is 5.11 Å². The Hall–Kier alpha value is -1.44. The number of nitrogens with one attached hydrogen (secondary N) is 1. The first-order valence-electron chi connectivity index (χ1n) is 5.78. The van der Waals surface area contributed by atoms with Crippen LogP contribution in [0.5, 0.6) is 0 Å². The van der Waals surface area contributed by atoms with Gasteiger partial charge in [0.05, 0.1) is 11.3 Å². The molecule has 7 heteroatoms. The third-order valence-electron chi connectivity index (χ3n) is 2.52. The van der Waals surface area contributed by atoms with Gasteiger partial charge in [-0.3, -0.25) is 4.79 Å². The maximum absolute atomic E-state index is 11.9. The Morgan fingerprint density at radius 3 is 2.63 bits per heavy atom. The van der Waals surface area contributed by atoms with Gasteiger partial charge in [0, 0.05) is 27.2 Å². The molecule has 0 saturated heterocycles. The summed E-state index contributed by atoms with van der Waals surface area (Å²) < 4.78 is 25.0. The van der Waals surface area contributed by atoms with E-state index in [1.165, 1.54) is 20.2 Å². The van der Waals surface area contributed by atoms with E-state index in [9.17, 15) is 13.2 Å². The number of carboxylic acids is 1. The second kappa shape index (κ2) is 6.65. The monoisotopic (exact) mass is 286 g/mol. The number of hydrogen-bond donors (Lipinski definition) is 2. The SMILES string of the molecule is CN(C)S(=O)(=O)c1cccc(CNCCC(=O)O)c1. The average molecular weight is 286 g/mol. The molecule has 0 fully saturated rings. The number of rotatable bonds is 7. The summed E-state index contributed by atoms with van der Waals surface area (Å²) in [6.07, 6.45) is 0.0374. The predicted molar refractivity (Wildman–Crippen MR) is 71.3 cm³/mol. The van der Waals surface area contributed by atoms with Gasteiger partial charge in [0.2, 0.25) is 10.0 Å². The second-order valence-electron chi connectivity index (χ2n) is 4.26. The summed E-state index contributed by atoms with van der Waals surface area (Å²) in [6.45, 7) is 0.782. The van der Waals surface area contributed by atoms with Crippen LogP contribution >= 0.6 is 0 Å². The predicted octanol–water partition coefficient (Wildman–Crippen LogP) is 0.501. The van der Waals surface area contributed by atoms with Crippen molar-refractivity contribution in [3.63, 3.8) is 0 Å². The summed E-state index contributed by atoms with van der Waals surface area (Å²) in [4.78, 5) is 10.6. The summed E-state index contributed by atoms with van der Waals surface area (Å²) >= 11 is 0. The molecule has 0 spiro atoms. The van der Waals surface area contributed by atoms with E-state index in [2.05, 4.69) is 5.32 Å². The first-order chi connectivity index (χ1) is 8.84. The molecular weight excluding hydrogens is 268 g/mol. The third-order valence-corrected chi connectivity index (χ3v) is 4.33. The fraction of sp³-hybridized carbons (Fsp3) is 0.417. The molecule has 2 N–H and O–H groups in total. The highest BCUT2D eigenvalue weighted by molar-refractivity contribution is 7.89. The molecule has 0 aliphatic heterocycles. The molecule has 106 valence electrons. The van der Waals surface area contributed by atoms with Gasteiger partial charge in [0.15, 0.2) is 0 Å². The number of carbonyl (C=O) groups is 1. The normalized spacial score (nSPS) is 11.7. The number of sulfonamides is 1. The highest BCUT2D eigenvalue weighted by atomic mass is 32.2. The van der Waals surface area contributed by atoms with E-state index in [-0.39, 0.29) is 11.3 Å². The number of nitrogens with zero attached hydrogens (tertiary/aromatic N) is 1. The zero-order chi connectivity index (χ0) is 14.5. The summed E-state index contributed by atoms with van der Waals surface area (Å²) in [5, 5.41) is 11.4. The van der Waals surface area contributed by atoms with Crippen LogP contribution in [0.4, 0.5) is 0 Å². The van der Waals surface area contributed by atoms with Crippen LogP contribution in [0.25, 0.3) is 0 Å². The molecule has 1 aromatic carbocycles. The van der Waals surface area contributed by atoms with Crippen molar-refractivity contribution in [3.05, 3.63) is 29.8 Å². The zero-order valence-corrected chi connectivity index (χ0v) is 11.8. The van der Waals surface area contributed by atoms with Crippen molar-refractivity contribution in [2.24, 2.45) is 0 Å². The van der Waals surface area contributed by atoms with Crippen LogP contribution in [0.2, 0.25) is 0 Å². The van der Waals surface area contributed by atoms with Gasteiger partial charge in [-0.2, -0.15) is 0 Å². The van der Waals surface area contributed by atoms with E-state index in [0.717, 1.165) is 9.87 Å². The van der Waals surface area contributed by atoms with Crippen LogP contribution in [-0.2, 0) is 21.4 Å². The molecule has 1 aromatic rings. The molecule has 0 amide bonds. The fourth-order valence-corrected chi connectivity index (χ4v) is 2.43. The summed E-state index contributed by atoms with van der Waals surface area (Å²) in [6, 6.07) is 6.59. The molecule has 0 radical (unpaired) electrons. The summed E-state index contributed by atoms with van der Waals surface area (Å²) in [5.41, 5.74) is 0.799. The number of carboxylic acid groups (broad SMARTS) is 1. The average Bonchev–Trinajstić information content (AvgIpc) is 2.34. The Morgan fingerprint density at radius 1 is 1.37 bits per heavy atom. The Bertz CT molecular complexity index is 540. The van der Waals surface area contributed by atoms with Crippen molar-refractivity contribution in [1.29, 1.82) is 0 Å². The van der Waals surface area contributed by atoms with Crippen molar-refractivity contribution < 1.29 is 18.3 Å². The van der Waals surface area contributed by atoms with Gasteiger partial charge in [0.1, 0.15) is 0 Å². The van der Waals surface area contributed by atoms with Gasteiger partial charge in [-0.1, -0.05) is 12.1 Å². The molecule has 0 aromatic heterocycles. The standard InChI is InChI=1S/C12H18N2O4S/c1-14(2)19(17,18)11-5-3-4-10(8-11)9-13-7-6-12(15)16/h3-5,8,13H,6-7,9H2,1-2H3,(H,15,16).